The average molecular weight is 149 g/mol. The third-order valence-electron chi connectivity index (χ3n) is 1.14. The van der Waals surface area contributed by atoms with Gasteiger partial charge in [-0.25, -0.2) is 0 Å². The molecular formula is C8H7NO2. The van der Waals surface area contributed by atoms with Crippen molar-refractivity contribution >= 4 is 0 Å². The molecule has 3 heteroatoms. The van der Waals surface area contributed by atoms with Crippen molar-refractivity contribution in [3.05, 3.63) is 24.3 Å². The number of hydrogen-bond donors (Lipinski definition) is 1. The van der Waals surface area contributed by atoms with Crippen molar-refractivity contribution in [1.29, 1.82) is 5.26 Å². The number of phenolic OH excluding ortho intramolecular Hbond substituents is 1. The zero-order valence-corrected chi connectivity index (χ0v) is 5.82. The molecule has 0 aliphatic rings. The summed E-state index contributed by atoms with van der Waals surface area (Å²) in [6.07, 6.45) is 0. The molecule has 0 aliphatic carbocycles. The Morgan fingerprint density at radius 3 is 2.55 bits per heavy atom. The fourth-order valence-corrected chi connectivity index (χ4v) is 0.658. The first-order valence-corrected chi connectivity index (χ1v) is 3.11. The van der Waals surface area contributed by atoms with Crippen LogP contribution >= 0.6 is 0 Å². The molecule has 1 aromatic carbocycles. The van der Waals surface area contributed by atoms with Crippen molar-refractivity contribution in [2.75, 3.05) is 6.61 Å². The Labute approximate surface area is 64.5 Å². The molecule has 0 aliphatic heterocycles. The highest BCUT2D eigenvalue weighted by Crippen LogP contribution is 2.15. The summed E-state index contributed by atoms with van der Waals surface area (Å²) < 4.78 is 4.94. The third kappa shape index (κ3) is 2.18. The van der Waals surface area contributed by atoms with E-state index >= 15 is 0 Å². The van der Waals surface area contributed by atoms with Crippen LogP contribution in [0.3, 0.4) is 0 Å². The summed E-state index contributed by atoms with van der Waals surface area (Å²) >= 11 is 0. The SMILES string of the molecule is N#CCOc1ccc(O)cc1. The molecule has 11 heavy (non-hydrogen) atoms. The van der Waals surface area contributed by atoms with E-state index in [1.165, 1.54) is 12.1 Å². The Kier molecular flexibility index (Phi) is 2.34. The molecule has 0 amide bonds. The Bertz CT molecular complexity index is 260. The van der Waals surface area contributed by atoms with Gasteiger partial charge in [0.25, 0.3) is 0 Å². The largest absolute Gasteiger partial charge is 0.508 e. The van der Waals surface area contributed by atoms with E-state index in [2.05, 4.69) is 0 Å². The molecule has 0 radical (unpaired) electrons. The fraction of sp³-hybridized carbons (Fsp3) is 0.125. The maximum Gasteiger partial charge on any atom is 0.174 e. The van der Waals surface area contributed by atoms with Gasteiger partial charge in [0.2, 0.25) is 0 Å². The minimum atomic E-state index is 0.0325. The molecule has 1 N–H and O–H groups in total. The topological polar surface area (TPSA) is 53.2 Å². The highest BCUT2D eigenvalue weighted by atomic mass is 16.5. The van der Waals surface area contributed by atoms with Crippen molar-refractivity contribution in [2.45, 2.75) is 0 Å². The summed E-state index contributed by atoms with van der Waals surface area (Å²) in [4.78, 5) is 0. The molecule has 1 aromatic rings. The van der Waals surface area contributed by atoms with Gasteiger partial charge >= 0.3 is 0 Å². The summed E-state index contributed by atoms with van der Waals surface area (Å²) in [5, 5.41) is 17.0. The van der Waals surface area contributed by atoms with E-state index in [0.717, 1.165) is 0 Å². The Balaban J connectivity index is 2.60. The first-order valence-electron chi connectivity index (χ1n) is 3.11. The highest BCUT2D eigenvalue weighted by Gasteiger charge is 1.91. The summed E-state index contributed by atoms with van der Waals surface area (Å²) in [5.74, 6) is 0.777. The zero-order valence-electron chi connectivity index (χ0n) is 5.82. The van der Waals surface area contributed by atoms with Gasteiger partial charge in [-0.3, -0.25) is 0 Å². The van der Waals surface area contributed by atoms with Gasteiger partial charge in [0, 0.05) is 0 Å². The molecule has 0 saturated heterocycles. The minimum Gasteiger partial charge on any atom is -0.508 e. The lowest BCUT2D eigenvalue weighted by Crippen LogP contribution is -1.92. The van der Waals surface area contributed by atoms with Crippen molar-refractivity contribution in [3.8, 4) is 17.6 Å². The maximum absolute atomic E-state index is 8.86. The van der Waals surface area contributed by atoms with Crippen LogP contribution in [0.5, 0.6) is 11.5 Å². The monoisotopic (exact) mass is 149 g/mol. The quantitative estimate of drug-likeness (QED) is 0.689. The van der Waals surface area contributed by atoms with Crippen molar-refractivity contribution in [2.24, 2.45) is 0 Å². The minimum absolute atomic E-state index is 0.0325. The second-order valence-electron chi connectivity index (χ2n) is 1.94. The first-order chi connectivity index (χ1) is 5.33. The van der Waals surface area contributed by atoms with Gasteiger partial charge < -0.3 is 9.84 Å². The number of nitrogens with zero attached hydrogens (tertiary/aromatic N) is 1. The van der Waals surface area contributed by atoms with Gasteiger partial charge in [-0.15, -0.1) is 0 Å². The predicted molar refractivity (Wildman–Crippen MR) is 39.2 cm³/mol. The molecule has 0 bridgehead atoms. The lowest BCUT2D eigenvalue weighted by molar-refractivity contribution is 0.367. The van der Waals surface area contributed by atoms with Gasteiger partial charge in [-0.2, -0.15) is 5.26 Å². The molecule has 0 spiro atoms. The van der Waals surface area contributed by atoms with Gasteiger partial charge in [0.1, 0.15) is 17.6 Å². The highest BCUT2D eigenvalue weighted by molar-refractivity contribution is 5.30. The lowest BCUT2D eigenvalue weighted by Gasteiger charge is -1.99. The summed E-state index contributed by atoms with van der Waals surface area (Å²) in [7, 11) is 0. The van der Waals surface area contributed by atoms with Crippen molar-refractivity contribution in [1.82, 2.24) is 0 Å². The van der Waals surface area contributed by atoms with Crippen molar-refractivity contribution < 1.29 is 9.84 Å². The first kappa shape index (κ1) is 7.42. The third-order valence-corrected chi connectivity index (χ3v) is 1.14. The molecule has 56 valence electrons. The number of ether oxygens (including phenoxy) is 1. The van der Waals surface area contributed by atoms with E-state index < -0.39 is 0 Å². The van der Waals surface area contributed by atoms with Crippen LogP contribution < -0.4 is 4.74 Å². The van der Waals surface area contributed by atoms with E-state index in [9.17, 15) is 0 Å². The molecule has 0 aromatic heterocycles. The van der Waals surface area contributed by atoms with E-state index in [0.29, 0.717) is 5.75 Å². The summed E-state index contributed by atoms with van der Waals surface area (Å²) in [5.41, 5.74) is 0. The van der Waals surface area contributed by atoms with E-state index in [-0.39, 0.29) is 12.4 Å². The Morgan fingerprint density at radius 1 is 1.36 bits per heavy atom. The van der Waals surface area contributed by atoms with Gasteiger partial charge in [0.15, 0.2) is 6.61 Å². The summed E-state index contributed by atoms with van der Waals surface area (Å²) in [6.45, 7) is 0.0325. The number of phenols is 1. The van der Waals surface area contributed by atoms with Crippen LogP contribution in [0.1, 0.15) is 0 Å². The van der Waals surface area contributed by atoms with Crippen LogP contribution in [0, 0.1) is 11.3 Å². The van der Waals surface area contributed by atoms with Crippen LogP contribution in [0.25, 0.3) is 0 Å². The number of nitriles is 1. The van der Waals surface area contributed by atoms with E-state index in [1.54, 1.807) is 12.1 Å². The summed E-state index contributed by atoms with van der Waals surface area (Å²) in [6, 6.07) is 8.07. The second kappa shape index (κ2) is 3.47. The molecule has 3 nitrogen and oxygen atoms in total. The average Bonchev–Trinajstić information content (AvgIpc) is 2.04. The lowest BCUT2D eigenvalue weighted by atomic mass is 10.3. The molecule has 0 fully saturated rings. The normalized spacial score (nSPS) is 8.64. The predicted octanol–water partition coefficient (Wildman–Crippen LogP) is 1.29. The van der Waals surface area contributed by atoms with Crippen LogP contribution in [-0.2, 0) is 0 Å². The standard InChI is InChI=1S/C8H7NO2/c9-5-6-11-8-3-1-7(10)2-4-8/h1-4,10H,6H2. The molecule has 0 atom stereocenters. The van der Waals surface area contributed by atoms with Gasteiger partial charge in [-0.1, -0.05) is 0 Å². The number of rotatable bonds is 2. The van der Waals surface area contributed by atoms with Crippen LogP contribution in [0.4, 0.5) is 0 Å². The van der Waals surface area contributed by atoms with Gasteiger partial charge in [-0.05, 0) is 24.3 Å². The molecule has 0 unspecified atom stereocenters. The number of hydrogen-bond acceptors (Lipinski definition) is 3. The Morgan fingerprint density at radius 2 is 2.00 bits per heavy atom. The molecule has 1 rings (SSSR count). The smallest absolute Gasteiger partial charge is 0.174 e. The van der Waals surface area contributed by atoms with E-state index in [1.807, 2.05) is 6.07 Å². The van der Waals surface area contributed by atoms with Crippen LogP contribution in [0.2, 0.25) is 0 Å². The molecule has 0 heterocycles. The maximum atomic E-state index is 8.86. The number of benzene rings is 1. The van der Waals surface area contributed by atoms with Crippen LogP contribution in [-0.4, -0.2) is 11.7 Å². The van der Waals surface area contributed by atoms with E-state index in [4.69, 9.17) is 15.1 Å². The molecule has 0 saturated carbocycles. The second-order valence-corrected chi connectivity index (χ2v) is 1.94. The van der Waals surface area contributed by atoms with Crippen molar-refractivity contribution in [3.63, 3.8) is 0 Å². The zero-order chi connectivity index (χ0) is 8.10. The fourth-order valence-electron chi connectivity index (χ4n) is 0.658. The Hall–Kier alpha value is -1.69. The number of aromatic hydroxyl groups is 1. The van der Waals surface area contributed by atoms with Crippen LogP contribution in [0.15, 0.2) is 24.3 Å². The molecular weight excluding hydrogens is 142 g/mol. The van der Waals surface area contributed by atoms with Gasteiger partial charge in [0.05, 0.1) is 0 Å².